The molecule has 0 bridgehead atoms. The van der Waals surface area contributed by atoms with E-state index in [1.807, 2.05) is 0 Å². The molecule has 1 aromatic heterocycles. The first kappa shape index (κ1) is 21.6. The van der Waals surface area contributed by atoms with Crippen LogP contribution < -0.4 is 10.2 Å². The van der Waals surface area contributed by atoms with Crippen molar-refractivity contribution in [2.75, 3.05) is 44.2 Å². The topological polar surface area (TPSA) is 87.7 Å². The van der Waals surface area contributed by atoms with Crippen molar-refractivity contribution < 1.29 is 27.5 Å². The van der Waals surface area contributed by atoms with E-state index in [4.69, 9.17) is 4.74 Å². The second-order valence-electron chi connectivity index (χ2n) is 6.64. The van der Waals surface area contributed by atoms with Crippen molar-refractivity contribution in [3.8, 4) is 0 Å². The number of carbonyl (C=O) groups excluding carboxylic acids is 2. The summed E-state index contributed by atoms with van der Waals surface area (Å²) in [6.45, 7) is 2.90. The normalized spacial score (nSPS) is 14.7. The van der Waals surface area contributed by atoms with Gasteiger partial charge in [-0.25, -0.2) is 14.8 Å². The molecule has 0 radical (unpaired) electrons. The van der Waals surface area contributed by atoms with Gasteiger partial charge in [-0.05, 0) is 19.1 Å². The van der Waals surface area contributed by atoms with Crippen LogP contribution in [-0.4, -0.2) is 66.2 Å². The Bertz CT molecular complexity index is 914. The SMILES string of the molecule is CCOC(=O)CCNC(=O)N1CCN(c2nc3ccccc3nc2C(F)(F)F)CC1. The van der Waals surface area contributed by atoms with E-state index < -0.39 is 17.8 Å². The van der Waals surface area contributed by atoms with Gasteiger partial charge in [0.2, 0.25) is 0 Å². The third kappa shape index (κ3) is 5.08. The minimum absolute atomic E-state index is 0.0567. The van der Waals surface area contributed by atoms with Gasteiger partial charge in [0.15, 0.2) is 11.5 Å². The van der Waals surface area contributed by atoms with Crippen LogP contribution in [0.5, 0.6) is 0 Å². The third-order valence-electron chi connectivity index (χ3n) is 4.60. The number of benzene rings is 1. The molecule has 0 unspecified atom stereocenters. The summed E-state index contributed by atoms with van der Waals surface area (Å²) in [5.74, 6) is -0.638. The lowest BCUT2D eigenvalue weighted by atomic mass is 10.2. The molecule has 11 heteroatoms. The Labute approximate surface area is 171 Å². The zero-order chi connectivity index (χ0) is 21.7. The number of esters is 1. The number of para-hydroxylation sites is 2. The number of urea groups is 1. The van der Waals surface area contributed by atoms with Crippen LogP contribution in [0.15, 0.2) is 24.3 Å². The Morgan fingerprint density at radius 2 is 1.73 bits per heavy atom. The van der Waals surface area contributed by atoms with Gasteiger partial charge in [-0.1, -0.05) is 12.1 Å². The summed E-state index contributed by atoms with van der Waals surface area (Å²) in [5.41, 5.74) is -0.485. The second-order valence-corrected chi connectivity index (χ2v) is 6.64. The van der Waals surface area contributed by atoms with Crippen LogP contribution in [0, 0.1) is 0 Å². The lowest BCUT2D eigenvalue weighted by Gasteiger charge is -2.36. The average molecular weight is 425 g/mol. The Hall–Kier alpha value is -3.11. The standard InChI is InChI=1S/C19H22F3N5O3/c1-2-30-15(28)7-8-23-18(29)27-11-9-26(10-12-27)17-16(19(20,21)22)24-13-5-3-4-6-14(13)25-17/h3-6H,2,7-12H2,1H3,(H,23,29). The lowest BCUT2D eigenvalue weighted by molar-refractivity contribution is -0.143. The monoisotopic (exact) mass is 425 g/mol. The lowest BCUT2D eigenvalue weighted by Crippen LogP contribution is -2.52. The molecule has 1 saturated heterocycles. The summed E-state index contributed by atoms with van der Waals surface area (Å²) in [5, 5.41) is 2.62. The van der Waals surface area contributed by atoms with Gasteiger partial charge in [0.1, 0.15) is 0 Å². The third-order valence-corrected chi connectivity index (χ3v) is 4.60. The minimum atomic E-state index is -4.64. The quantitative estimate of drug-likeness (QED) is 0.741. The first-order valence-electron chi connectivity index (χ1n) is 9.57. The first-order valence-corrected chi connectivity index (χ1v) is 9.57. The molecule has 162 valence electrons. The van der Waals surface area contributed by atoms with Gasteiger partial charge < -0.3 is 19.9 Å². The molecule has 1 N–H and O–H groups in total. The van der Waals surface area contributed by atoms with Crippen LogP contribution in [0.2, 0.25) is 0 Å². The van der Waals surface area contributed by atoms with E-state index in [9.17, 15) is 22.8 Å². The molecule has 3 rings (SSSR count). The van der Waals surface area contributed by atoms with Crippen molar-refractivity contribution in [3.63, 3.8) is 0 Å². The Kier molecular flexibility index (Phi) is 6.58. The fourth-order valence-electron chi connectivity index (χ4n) is 3.14. The average Bonchev–Trinajstić information content (AvgIpc) is 2.72. The number of hydrogen-bond acceptors (Lipinski definition) is 6. The highest BCUT2D eigenvalue weighted by Crippen LogP contribution is 2.35. The summed E-state index contributed by atoms with van der Waals surface area (Å²) >= 11 is 0. The fraction of sp³-hybridized carbons (Fsp3) is 0.474. The molecule has 0 saturated carbocycles. The van der Waals surface area contributed by atoms with Crippen molar-refractivity contribution in [1.29, 1.82) is 0 Å². The number of nitrogens with one attached hydrogen (secondary N) is 1. The maximum atomic E-state index is 13.6. The number of amides is 2. The number of aromatic nitrogens is 2. The molecule has 30 heavy (non-hydrogen) atoms. The number of alkyl halides is 3. The summed E-state index contributed by atoms with van der Waals surface area (Å²) in [6, 6.07) is 6.02. The summed E-state index contributed by atoms with van der Waals surface area (Å²) in [7, 11) is 0. The number of nitrogens with zero attached hydrogens (tertiary/aromatic N) is 4. The van der Waals surface area contributed by atoms with Crippen molar-refractivity contribution >= 4 is 28.9 Å². The number of rotatable bonds is 5. The van der Waals surface area contributed by atoms with E-state index in [1.54, 1.807) is 25.1 Å². The van der Waals surface area contributed by atoms with Gasteiger partial charge >= 0.3 is 18.2 Å². The largest absolute Gasteiger partial charge is 0.466 e. The summed E-state index contributed by atoms with van der Waals surface area (Å²) < 4.78 is 45.4. The van der Waals surface area contributed by atoms with Gasteiger partial charge in [0.25, 0.3) is 0 Å². The highest BCUT2D eigenvalue weighted by Gasteiger charge is 2.39. The highest BCUT2D eigenvalue weighted by molar-refractivity contribution is 5.77. The van der Waals surface area contributed by atoms with E-state index in [0.717, 1.165) is 0 Å². The molecule has 2 amide bonds. The summed E-state index contributed by atoms with van der Waals surface area (Å²) in [4.78, 5) is 34.5. The predicted molar refractivity (Wildman–Crippen MR) is 103 cm³/mol. The van der Waals surface area contributed by atoms with Crippen molar-refractivity contribution in [3.05, 3.63) is 30.0 Å². The van der Waals surface area contributed by atoms with E-state index in [0.29, 0.717) is 5.52 Å². The van der Waals surface area contributed by atoms with Crippen molar-refractivity contribution in [1.82, 2.24) is 20.2 Å². The molecule has 1 aliphatic heterocycles. The van der Waals surface area contributed by atoms with Gasteiger partial charge in [-0.2, -0.15) is 13.2 Å². The number of halogens is 3. The van der Waals surface area contributed by atoms with E-state index >= 15 is 0 Å². The zero-order valence-electron chi connectivity index (χ0n) is 16.4. The molecule has 1 aromatic carbocycles. The predicted octanol–water partition coefficient (Wildman–Crippen LogP) is 2.43. The van der Waals surface area contributed by atoms with Gasteiger partial charge in [0, 0.05) is 32.7 Å². The Balaban J connectivity index is 1.65. The smallest absolute Gasteiger partial charge is 0.437 e. The number of piperazine rings is 1. The maximum Gasteiger partial charge on any atom is 0.437 e. The first-order chi connectivity index (χ1) is 14.3. The zero-order valence-corrected chi connectivity index (χ0v) is 16.4. The minimum Gasteiger partial charge on any atom is -0.466 e. The Morgan fingerprint density at radius 3 is 2.33 bits per heavy atom. The Morgan fingerprint density at radius 1 is 1.10 bits per heavy atom. The number of carbonyl (C=O) groups is 2. The second kappa shape index (κ2) is 9.14. The van der Waals surface area contributed by atoms with Gasteiger partial charge in [0.05, 0.1) is 24.1 Å². The molecule has 8 nitrogen and oxygen atoms in total. The number of hydrogen-bond donors (Lipinski definition) is 1. The van der Waals surface area contributed by atoms with Gasteiger partial charge in [-0.3, -0.25) is 4.79 Å². The van der Waals surface area contributed by atoms with Crippen molar-refractivity contribution in [2.24, 2.45) is 0 Å². The van der Waals surface area contributed by atoms with Crippen LogP contribution in [0.4, 0.5) is 23.8 Å². The number of fused-ring (bicyclic) bond motifs is 1. The van der Waals surface area contributed by atoms with Crippen molar-refractivity contribution in [2.45, 2.75) is 19.5 Å². The summed E-state index contributed by atoms with van der Waals surface area (Å²) in [6.07, 6.45) is -4.59. The number of ether oxygens (including phenoxy) is 1. The number of anilines is 1. The van der Waals surface area contributed by atoms with E-state index in [-0.39, 0.29) is 63.1 Å². The van der Waals surface area contributed by atoms with Crippen LogP contribution in [0.3, 0.4) is 0 Å². The molecule has 0 spiro atoms. The highest BCUT2D eigenvalue weighted by atomic mass is 19.4. The van der Waals surface area contributed by atoms with E-state index in [2.05, 4.69) is 15.3 Å². The van der Waals surface area contributed by atoms with Gasteiger partial charge in [-0.15, -0.1) is 0 Å². The molecule has 1 aliphatic rings. The van der Waals surface area contributed by atoms with E-state index in [1.165, 1.54) is 15.9 Å². The molecule has 2 aromatic rings. The molecule has 0 atom stereocenters. The molecule has 2 heterocycles. The maximum absolute atomic E-state index is 13.6. The van der Waals surface area contributed by atoms with Crippen LogP contribution >= 0.6 is 0 Å². The van der Waals surface area contributed by atoms with Crippen LogP contribution in [0.25, 0.3) is 11.0 Å². The molecule has 0 aliphatic carbocycles. The fourth-order valence-corrected chi connectivity index (χ4v) is 3.14. The molecular weight excluding hydrogens is 403 g/mol. The molecule has 1 fully saturated rings. The molecular formula is C19H22F3N5O3. The van der Waals surface area contributed by atoms with Crippen LogP contribution in [0.1, 0.15) is 19.0 Å². The van der Waals surface area contributed by atoms with Crippen LogP contribution in [-0.2, 0) is 15.7 Å².